The molecule has 0 spiro atoms. The molecule has 2 aliphatic rings. The summed E-state index contributed by atoms with van der Waals surface area (Å²) in [6.07, 6.45) is 6.67. The van der Waals surface area contributed by atoms with Crippen molar-refractivity contribution in [3.8, 4) is 6.07 Å². The van der Waals surface area contributed by atoms with E-state index in [2.05, 4.69) is 27.9 Å². The van der Waals surface area contributed by atoms with Gasteiger partial charge in [0.15, 0.2) is 5.70 Å². The Hall–Kier alpha value is -3.04. The van der Waals surface area contributed by atoms with Crippen LogP contribution in [0.25, 0.3) is 16.6 Å². The maximum absolute atomic E-state index is 8.93. The van der Waals surface area contributed by atoms with Crippen LogP contribution in [0.5, 0.6) is 0 Å². The molecular weight excluding hydrogens is 306 g/mol. The number of hydrogen-bond acceptors (Lipinski definition) is 2. The molecule has 4 rings (SSSR count). The molecule has 0 unspecified atom stereocenters. The van der Waals surface area contributed by atoms with Crippen LogP contribution in [0.4, 0.5) is 5.69 Å². The summed E-state index contributed by atoms with van der Waals surface area (Å²) in [5.41, 5.74) is 7.54. The Balaban J connectivity index is 1.75. The Morgan fingerprint density at radius 3 is 2.28 bits per heavy atom. The molecule has 3 nitrogen and oxygen atoms in total. The molecule has 25 heavy (non-hydrogen) atoms. The zero-order valence-electron chi connectivity index (χ0n) is 14.1. The molecule has 0 fully saturated rings. The molecule has 0 saturated heterocycles. The third-order valence-electron chi connectivity index (χ3n) is 5.09. The topological polar surface area (TPSA) is 31.4 Å². The first-order valence-corrected chi connectivity index (χ1v) is 8.79. The molecule has 122 valence electrons. The number of hydrogen-bond donors (Lipinski definition) is 0. The first kappa shape index (κ1) is 15.5. The molecule has 3 heteroatoms. The fourth-order valence-corrected chi connectivity index (χ4v) is 3.97. The lowest BCUT2D eigenvalue weighted by molar-refractivity contribution is 0.634. The van der Waals surface area contributed by atoms with Gasteiger partial charge in [0.1, 0.15) is 0 Å². The smallest absolute Gasteiger partial charge is 0.194 e. The summed E-state index contributed by atoms with van der Waals surface area (Å²) in [6.45, 7) is 9.91. The van der Waals surface area contributed by atoms with Crippen LogP contribution >= 0.6 is 0 Å². The summed E-state index contributed by atoms with van der Waals surface area (Å²) in [5.74, 6) is 0. The number of rotatable bonds is 2. The zero-order valence-corrected chi connectivity index (χ0v) is 14.1. The van der Waals surface area contributed by atoms with E-state index in [4.69, 9.17) is 11.8 Å². The van der Waals surface area contributed by atoms with E-state index in [1.165, 1.54) is 42.7 Å². The summed E-state index contributed by atoms with van der Waals surface area (Å²) in [7, 11) is 0. The third-order valence-corrected chi connectivity index (χ3v) is 5.09. The van der Waals surface area contributed by atoms with Crippen LogP contribution in [-0.4, -0.2) is 13.1 Å². The fourth-order valence-electron chi connectivity index (χ4n) is 3.97. The van der Waals surface area contributed by atoms with Crippen molar-refractivity contribution in [1.82, 2.24) is 0 Å². The number of anilines is 1. The van der Waals surface area contributed by atoms with Gasteiger partial charge in [-0.3, -0.25) is 0 Å². The molecule has 0 aromatic heterocycles. The molecule has 2 aromatic carbocycles. The lowest BCUT2D eigenvalue weighted by Crippen LogP contribution is -2.34. The Labute approximate surface area is 148 Å². The normalized spacial score (nSPS) is 15.9. The highest BCUT2D eigenvalue weighted by molar-refractivity contribution is 5.86. The summed E-state index contributed by atoms with van der Waals surface area (Å²) < 4.78 is 0. The highest BCUT2D eigenvalue weighted by Crippen LogP contribution is 2.36. The van der Waals surface area contributed by atoms with Crippen LogP contribution < -0.4 is 4.90 Å². The van der Waals surface area contributed by atoms with E-state index < -0.39 is 0 Å². The molecular formula is C22H19N3. The molecule has 0 atom stereocenters. The zero-order chi connectivity index (χ0) is 17.2. The van der Waals surface area contributed by atoms with Crippen molar-refractivity contribution in [3.05, 3.63) is 75.6 Å². The predicted molar refractivity (Wildman–Crippen MR) is 101 cm³/mol. The highest BCUT2D eigenvalue weighted by atomic mass is 15.1. The fraction of sp³-hybridized carbons (Fsp3) is 0.273. The van der Waals surface area contributed by atoms with Crippen molar-refractivity contribution in [3.63, 3.8) is 0 Å². The molecule has 2 heterocycles. The predicted octanol–water partition coefficient (Wildman–Crippen LogP) is 4.67. The summed E-state index contributed by atoms with van der Waals surface area (Å²) in [6, 6.07) is 13.9. The number of nitrogens with zero attached hydrogens (tertiary/aromatic N) is 3. The standard InChI is InChI=1S/C22H19N3/c1-24-21(18-8-6-16(15-23)7-9-18)14-17-12-19-4-2-10-25-11-3-5-20(13-17)22(19)25/h6-9,12-14H,2-5,10-11H2/b21-14-. The quantitative estimate of drug-likeness (QED) is 0.593. The minimum atomic E-state index is 0.617. The molecule has 0 radical (unpaired) electrons. The first-order chi connectivity index (χ1) is 12.3. The second kappa shape index (κ2) is 6.46. The maximum Gasteiger partial charge on any atom is 0.194 e. The van der Waals surface area contributed by atoms with Crippen molar-refractivity contribution in [2.45, 2.75) is 25.7 Å². The third kappa shape index (κ3) is 2.90. The van der Waals surface area contributed by atoms with Crippen molar-refractivity contribution in [1.29, 1.82) is 5.26 Å². The van der Waals surface area contributed by atoms with Crippen molar-refractivity contribution in [2.75, 3.05) is 18.0 Å². The second-order valence-corrected chi connectivity index (χ2v) is 6.71. The van der Waals surface area contributed by atoms with Crippen LogP contribution in [0.1, 0.15) is 40.7 Å². The lowest BCUT2D eigenvalue weighted by Gasteiger charge is -2.37. The molecule has 0 bridgehead atoms. The van der Waals surface area contributed by atoms with Gasteiger partial charge in [-0.1, -0.05) is 24.3 Å². The van der Waals surface area contributed by atoms with E-state index in [1.807, 2.05) is 18.2 Å². The molecule has 0 aliphatic carbocycles. The lowest BCUT2D eigenvalue weighted by atomic mass is 9.90. The number of aryl methyl sites for hydroxylation is 2. The van der Waals surface area contributed by atoms with Crippen LogP contribution in [-0.2, 0) is 12.8 Å². The van der Waals surface area contributed by atoms with E-state index >= 15 is 0 Å². The Kier molecular flexibility index (Phi) is 4.00. The number of nitriles is 1. The van der Waals surface area contributed by atoms with E-state index in [0.29, 0.717) is 11.3 Å². The SMILES string of the molecule is [C-]#[N+]/C(=C\c1cc2c3c(c1)CCCN3CCC2)c1ccc(C#N)cc1. The van der Waals surface area contributed by atoms with Crippen LogP contribution in [0, 0.1) is 17.9 Å². The van der Waals surface area contributed by atoms with Crippen molar-refractivity contribution >= 4 is 17.5 Å². The van der Waals surface area contributed by atoms with E-state index in [1.54, 1.807) is 12.1 Å². The Bertz CT molecular complexity index is 892. The van der Waals surface area contributed by atoms with Crippen LogP contribution in [0.15, 0.2) is 36.4 Å². The van der Waals surface area contributed by atoms with Gasteiger partial charge in [0, 0.05) is 18.8 Å². The molecule has 0 amide bonds. The van der Waals surface area contributed by atoms with Gasteiger partial charge < -0.3 is 4.90 Å². The van der Waals surface area contributed by atoms with Gasteiger partial charge in [0.2, 0.25) is 0 Å². The largest absolute Gasteiger partial charge is 0.371 e. The minimum Gasteiger partial charge on any atom is -0.371 e. The molecule has 0 saturated carbocycles. The van der Waals surface area contributed by atoms with Crippen molar-refractivity contribution in [2.24, 2.45) is 0 Å². The summed E-state index contributed by atoms with van der Waals surface area (Å²) >= 11 is 0. The van der Waals surface area contributed by atoms with Crippen LogP contribution in [0.3, 0.4) is 0 Å². The second-order valence-electron chi connectivity index (χ2n) is 6.71. The van der Waals surface area contributed by atoms with Gasteiger partial charge in [-0.15, -0.1) is 0 Å². The highest BCUT2D eigenvalue weighted by Gasteiger charge is 2.23. The van der Waals surface area contributed by atoms with E-state index in [0.717, 1.165) is 24.0 Å². The number of benzene rings is 2. The average Bonchev–Trinajstić information content (AvgIpc) is 2.67. The van der Waals surface area contributed by atoms with E-state index in [9.17, 15) is 0 Å². The summed E-state index contributed by atoms with van der Waals surface area (Å²) in [5, 5.41) is 8.93. The van der Waals surface area contributed by atoms with E-state index in [-0.39, 0.29) is 0 Å². The van der Waals surface area contributed by atoms with Gasteiger partial charge in [-0.05, 0) is 66.1 Å². The minimum absolute atomic E-state index is 0.617. The monoisotopic (exact) mass is 325 g/mol. The van der Waals surface area contributed by atoms with Gasteiger partial charge in [-0.25, -0.2) is 4.85 Å². The molecule has 2 aliphatic heterocycles. The van der Waals surface area contributed by atoms with Gasteiger partial charge >= 0.3 is 0 Å². The Morgan fingerprint density at radius 1 is 1.08 bits per heavy atom. The van der Waals surface area contributed by atoms with Gasteiger partial charge in [0.05, 0.1) is 18.2 Å². The van der Waals surface area contributed by atoms with Crippen LogP contribution in [0.2, 0.25) is 0 Å². The Morgan fingerprint density at radius 2 is 1.72 bits per heavy atom. The molecule has 2 aromatic rings. The first-order valence-electron chi connectivity index (χ1n) is 8.79. The molecule has 0 N–H and O–H groups in total. The van der Waals surface area contributed by atoms with Gasteiger partial charge in [0.25, 0.3) is 0 Å². The average molecular weight is 325 g/mol. The van der Waals surface area contributed by atoms with Crippen molar-refractivity contribution < 1.29 is 0 Å². The summed E-state index contributed by atoms with van der Waals surface area (Å²) in [4.78, 5) is 6.25. The van der Waals surface area contributed by atoms with Gasteiger partial charge in [-0.2, -0.15) is 5.26 Å². The maximum atomic E-state index is 8.93.